The maximum absolute atomic E-state index is 12.5. The number of hydrogen-bond donors (Lipinski definition) is 1. The van der Waals surface area contributed by atoms with Gasteiger partial charge in [0.15, 0.2) is 0 Å². The molecule has 3 aromatic rings. The van der Waals surface area contributed by atoms with Crippen LogP contribution in [-0.2, 0) is 22.7 Å². The SMILES string of the molecule is CC(=O)N(Cc1cccc(OCc2ccccc2)c1)c1ccc(N2CCOCC2)c(C(=O)O)c1. The van der Waals surface area contributed by atoms with E-state index in [0.717, 1.165) is 11.1 Å². The van der Waals surface area contributed by atoms with E-state index in [0.29, 0.717) is 56.6 Å². The zero-order valence-corrected chi connectivity index (χ0v) is 19.1. The third kappa shape index (κ3) is 5.74. The van der Waals surface area contributed by atoms with Crippen molar-refractivity contribution in [3.8, 4) is 5.75 Å². The molecule has 1 N–H and O–H groups in total. The molecule has 176 valence electrons. The van der Waals surface area contributed by atoms with Gasteiger partial charge >= 0.3 is 5.97 Å². The van der Waals surface area contributed by atoms with Crippen molar-refractivity contribution in [2.45, 2.75) is 20.1 Å². The fourth-order valence-electron chi connectivity index (χ4n) is 3.98. The van der Waals surface area contributed by atoms with E-state index < -0.39 is 5.97 Å². The average molecular weight is 461 g/mol. The number of carbonyl (C=O) groups excluding carboxylic acids is 1. The zero-order valence-electron chi connectivity index (χ0n) is 19.1. The molecule has 1 aliphatic rings. The van der Waals surface area contributed by atoms with Gasteiger partial charge in [0.25, 0.3) is 0 Å². The van der Waals surface area contributed by atoms with Crippen LogP contribution in [0.5, 0.6) is 5.75 Å². The predicted octanol–water partition coefficient (Wildman–Crippen LogP) is 4.35. The number of ether oxygens (including phenoxy) is 2. The minimum absolute atomic E-state index is 0.172. The molecule has 7 heteroatoms. The first-order valence-electron chi connectivity index (χ1n) is 11.2. The predicted molar refractivity (Wildman–Crippen MR) is 131 cm³/mol. The Labute approximate surface area is 199 Å². The third-order valence-electron chi connectivity index (χ3n) is 5.74. The van der Waals surface area contributed by atoms with Crippen LogP contribution in [0.3, 0.4) is 0 Å². The number of carboxylic acids is 1. The number of benzene rings is 3. The molecule has 0 bridgehead atoms. The number of nitrogens with zero attached hydrogens (tertiary/aromatic N) is 2. The summed E-state index contributed by atoms with van der Waals surface area (Å²) in [7, 11) is 0. The van der Waals surface area contributed by atoms with Gasteiger partial charge in [0, 0.05) is 25.7 Å². The van der Waals surface area contributed by atoms with Gasteiger partial charge in [0.1, 0.15) is 12.4 Å². The van der Waals surface area contributed by atoms with Crippen molar-refractivity contribution in [1.82, 2.24) is 0 Å². The Morgan fingerprint density at radius 3 is 2.41 bits per heavy atom. The van der Waals surface area contributed by atoms with Gasteiger partial charge in [-0.3, -0.25) is 4.79 Å². The lowest BCUT2D eigenvalue weighted by molar-refractivity contribution is -0.116. The summed E-state index contributed by atoms with van der Waals surface area (Å²) in [6.07, 6.45) is 0. The van der Waals surface area contributed by atoms with Crippen molar-refractivity contribution in [3.63, 3.8) is 0 Å². The lowest BCUT2D eigenvalue weighted by Gasteiger charge is -2.31. The standard InChI is InChI=1S/C27H28N2O5/c1-20(30)29(18-22-8-5-9-24(16-22)34-19-21-6-3-2-4-7-21)23-10-11-26(25(17-23)27(31)32)28-12-14-33-15-13-28/h2-11,16-17H,12-15,18-19H2,1H3,(H,31,32). The van der Waals surface area contributed by atoms with E-state index in [-0.39, 0.29) is 11.5 Å². The van der Waals surface area contributed by atoms with Crippen molar-refractivity contribution < 1.29 is 24.2 Å². The first kappa shape index (κ1) is 23.3. The molecule has 7 nitrogen and oxygen atoms in total. The van der Waals surface area contributed by atoms with E-state index in [2.05, 4.69) is 0 Å². The molecule has 1 saturated heterocycles. The average Bonchev–Trinajstić information content (AvgIpc) is 2.87. The van der Waals surface area contributed by atoms with Crippen LogP contribution in [0.15, 0.2) is 72.8 Å². The topological polar surface area (TPSA) is 79.3 Å². The second-order valence-corrected chi connectivity index (χ2v) is 8.13. The van der Waals surface area contributed by atoms with Crippen LogP contribution in [0.1, 0.15) is 28.4 Å². The highest BCUT2D eigenvalue weighted by atomic mass is 16.5. The van der Waals surface area contributed by atoms with Gasteiger partial charge in [-0.25, -0.2) is 4.79 Å². The summed E-state index contributed by atoms with van der Waals surface area (Å²) in [6.45, 7) is 4.61. The number of amides is 1. The van der Waals surface area contributed by atoms with Gasteiger partial charge in [0.2, 0.25) is 5.91 Å². The fraction of sp³-hybridized carbons (Fsp3) is 0.259. The number of morpholine rings is 1. The van der Waals surface area contributed by atoms with E-state index in [9.17, 15) is 14.7 Å². The molecule has 1 fully saturated rings. The molecule has 3 aromatic carbocycles. The molecule has 0 aliphatic carbocycles. The van der Waals surface area contributed by atoms with E-state index in [1.165, 1.54) is 6.92 Å². The first-order chi connectivity index (χ1) is 16.5. The molecule has 1 heterocycles. The van der Waals surface area contributed by atoms with Crippen LogP contribution in [0, 0.1) is 0 Å². The van der Waals surface area contributed by atoms with E-state index >= 15 is 0 Å². The molecular weight excluding hydrogens is 432 g/mol. The molecule has 0 unspecified atom stereocenters. The Kier molecular flexibility index (Phi) is 7.44. The normalized spacial score (nSPS) is 13.4. The summed E-state index contributed by atoms with van der Waals surface area (Å²) in [5.74, 6) is -0.493. The maximum atomic E-state index is 12.5. The molecule has 0 spiro atoms. The molecule has 0 aromatic heterocycles. The Hall–Kier alpha value is -3.84. The largest absolute Gasteiger partial charge is 0.489 e. The molecule has 0 radical (unpaired) electrons. The maximum Gasteiger partial charge on any atom is 0.337 e. The van der Waals surface area contributed by atoms with Gasteiger partial charge in [-0.2, -0.15) is 0 Å². The monoisotopic (exact) mass is 460 g/mol. The van der Waals surface area contributed by atoms with Crippen molar-refractivity contribution in [2.75, 3.05) is 36.1 Å². The highest BCUT2D eigenvalue weighted by Crippen LogP contribution is 2.29. The Morgan fingerprint density at radius 2 is 1.71 bits per heavy atom. The number of anilines is 2. The van der Waals surface area contributed by atoms with E-state index in [1.807, 2.05) is 59.5 Å². The summed E-state index contributed by atoms with van der Waals surface area (Å²) in [6, 6.07) is 22.6. The van der Waals surface area contributed by atoms with Gasteiger partial charge in [0.05, 0.1) is 31.0 Å². The number of carboxylic acid groups (broad SMARTS) is 1. The summed E-state index contributed by atoms with van der Waals surface area (Å²) in [5.41, 5.74) is 3.30. The lowest BCUT2D eigenvalue weighted by Crippen LogP contribution is -2.37. The number of rotatable bonds is 8. The third-order valence-corrected chi connectivity index (χ3v) is 5.74. The Morgan fingerprint density at radius 1 is 0.971 bits per heavy atom. The second kappa shape index (κ2) is 10.9. The molecular formula is C27H28N2O5. The van der Waals surface area contributed by atoms with Crippen LogP contribution >= 0.6 is 0 Å². The van der Waals surface area contributed by atoms with Crippen LogP contribution < -0.4 is 14.5 Å². The quantitative estimate of drug-likeness (QED) is 0.538. The Balaban J connectivity index is 1.54. The summed E-state index contributed by atoms with van der Waals surface area (Å²) < 4.78 is 11.3. The molecule has 0 atom stereocenters. The van der Waals surface area contributed by atoms with Gasteiger partial charge < -0.3 is 24.4 Å². The van der Waals surface area contributed by atoms with Gasteiger partial charge in [-0.1, -0.05) is 42.5 Å². The van der Waals surface area contributed by atoms with Crippen molar-refractivity contribution in [1.29, 1.82) is 0 Å². The molecule has 1 aliphatic heterocycles. The van der Waals surface area contributed by atoms with Gasteiger partial charge in [-0.05, 0) is 41.5 Å². The minimum Gasteiger partial charge on any atom is -0.489 e. The van der Waals surface area contributed by atoms with Crippen molar-refractivity contribution >= 4 is 23.3 Å². The van der Waals surface area contributed by atoms with E-state index in [1.54, 1.807) is 23.1 Å². The fourth-order valence-corrected chi connectivity index (χ4v) is 3.98. The first-order valence-corrected chi connectivity index (χ1v) is 11.2. The zero-order chi connectivity index (χ0) is 23.9. The van der Waals surface area contributed by atoms with Crippen LogP contribution in [-0.4, -0.2) is 43.3 Å². The molecule has 1 amide bonds. The molecule has 34 heavy (non-hydrogen) atoms. The molecule has 0 saturated carbocycles. The highest BCUT2D eigenvalue weighted by Gasteiger charge is 2.21. The number of hydrogen-bond acceptors (Lipinski definition) is 5. The van der Waals surface area contributed by atoms with Crippen molar-refractivity contribution in [3.05, 3.63) is 89.5 Å². The second-order valence-electron chi connectivity index (χ2n) is 8.13. The van der Waals surface area contributed by atoms with Crippen LogP contribution in [0.4, 0.5) is 11.4 Å². The molecule has 4 rings (SSSR count). The van der Waals surface area contributed by atoms with Crippen molar-refractivity contribution in [2.24, 2.45) is 0 Å². The van der Waals surface area contributed by atoms with Crippen LogP contribution in [0.25, 0.3) is 0 Å². The minimum atomic E-state index is -1.02. The lowest BCUT2D eigenvalue weighted by atomic mass is 10.1. The smallest absolute Gasteiger partial charge is 0.337 e. The number of aromatic carboxylic acids is 1. The van der Waals surface area contributed by atoms with Crippen LogP contribution in [0.2, 0.25) is 0 Å². The summed E-state index contributed by atoms with van der Waals surface area (Å²) >= 11 is 0. The Bertz CT molecular complexity index is 1140. The summed E-state index contributed by atoms with van der Waals surface area (Å²) in [5, 5.41) is 9.84. The summed E-state index contributed by atoms with van der Waals surface area (Å²) in [4.78, 5) is 28.1. The highest BCUT2D eigenvalue weighted by molar-refractivity contribution is 5.98. The van der Waals surface area contributed by atoms with E-state index in [4.69, 9.17) is 9.47 Å². The van der Waals surface area contributed by atoms with Gasteiger partial charge in [-0.15, -0.1) is 0 Å². The number of carbonyl (C=O) groups is 2.